The molecule has 8 heteroatoms. The number of hydrogen-bond donors (Lipinski definition) is 1. The Morgan fingerprint density at radius 1 is 0.938 bits per heavy atom. The summed E-state index contributed by atoms with van der Waals surface area (Å²) in [6.45, 7) is 0.964. The highest BCUT2D eigenvalue weighted by molar-refractivity contribution is 6.40. The molecule has 1 aliphatic heterocycles. The average molecular weight is 438 g/mol. The maximum absolute atomic E-state index is 12.7. The van der Waals surface area contributed by atoms with Crippen LogP contribution in [0.5, 0.6) is 0 Å². The first-order chi connectivity index (χ1) is 15.4. The second kappa shape index (κ2) is 10.6. The zero-order valence-electron chi connectivity index (χ0n) is 18.1. The van der Waals surface area contributed by atoms with Crippen LogP contribution in [0.2, 0.25) is 0 Å². The van der Waals surface area contributed by atoms with Gasteiger partial charge in [0, 0.05) is 13.1 Å². The fourth-order valence-corrected chi connectivity index (χ4v) is 3.79. The number of hydrogen-bond acceptors (Lipinski definition) is 6. The van der Waals surface area contributed by atoms with E-state index in [0.717, 1.165) is 19.3 Å². The van der Waals surface area contributed by atoms with Crippen molar-refractivity contribution in [1.82, 2.24) is 4.90 Å². The molecule has 0 aromatic heterocycles. The zero-order chi connectivity index (χ0) is 23.1. The highest BCUT2D eigenvalue weighted by Crippen LogP contribution is 2.23. The van der Waals surface area contributed by atoms with Crippen LogP contribution in [0, 0.1) is 5.92 Å². The topological polar surface area (TPSA) is 102 Å². The van der Waals surface area contributed by atoms with Gasteiger partial charge in [-0.25, -0.2) is 9.59 Å². The molecule has 0 aliphatic carbocycles. The number of carbonyl (C=O) groups is 4. The van der Waals surface area contributed by atoms with E-state index in [4.69, 9.17) is 4.74 Å². The van der Waals surface area contributed by atoms with E-state index in [0.29, 0.717) is 19.0 Å². The number of methoxy groups -OCH3 is 2. The van der Waals surface area contributed by atoms with Crippen molar-refractivity contribution in [2.24, 2.45) is 5.92 Å². The normalized spacial score (nSPS) is 13.9. The molecule has 0 atom stereocenters. The van der Waals surface area contributed by atoms with Gasteiger partial charge in [0.1, 0.15) is 0 Å². The van der Waals surface area contributed by atoms with E-state index in [1.54, 1.807) is 0 Å². The Morgan fingerprint density at radius 3 is 2.22 bits per heavy atom. The summed E-state index contributed by atoms with van der Waals surface area (Å²) in [4.78, 5) is 50.7. The molecule has 3 rings (SSSR count). The molecule has 2 amide bonds. The lowest BCUT2D eigenvalue weighted by Crippen LogP contribution is -2.44. The van der Waals surface area contributed by atoms with Gasteiger partial charge in [0.2, 0.25) is 0 Å². The molecule has 1 N–H and O–H groups in total. The molecule has 1 fully saturated rings. The molecule has 1 aliphatic rings. The van der Waals surface area contributed by atoms with Crippen molar-refractivity contribution < 1.29 is 28.7 Å². The number of carbonyl (C=O) groups excluding carboxylic acids is 4. The number of nitrogens with one attached hydrogen (secondary N) is 1. The lowest BCUT2D eigenvalue weighted by Gasteiger charge is -2.31. The number of ether oxygens (including phenoxy) is 2. The van der Waals surface area contributed by atoms with Gasteiger partial charge in [-0.3, -0.25) is 9.59 Å². The highest BCUT2D eigenvalue weighted by atomic mass is 16.5. The van der Waals surface area contributed by atoms with Crippen LogP contribution < -0.4 is 5.32 Å². The summed E-state index contributed by atoms with van der Waals surface area (Å²) in [5.41, 5.74) is 1.43. The second-order valence-corrected chi connectivity index (χ2v) is 7.62. The van der Waals surface area contributed by atoms with Gasteiger partial charge in [-0.1, -0.05) is 30.3 Å². The first-order valence-electron chi connectivity index (χ1n) is 10.4. The van der Waals surface area contributed by atoms with Gasteiger partial charge >= 0.3 is 23.8 Å². The molecule has 32 heavy (non-hydrogen) atoms. The van der Waals surface area contributed by atoms with Gasteiger partial charge in [0.05, 0.1) is 31.0 Å². The summed E-state index contributed by atoms with van der Waals surface area (Å²) in [6, 6.07) is 14.2. The zero-order valence-corrected chi connectivity index (χ0v) is 18.1. The number of rotatable bonds is 5. The van der Waals surface area contributed by atoms with Crippen LogP contribution in [-0.2, 0) is 25.5 Å². The third-order valence-corrected chi connectivity index (χ3v) is 5.56. The van der Waals surface area contributed by atoms with Gasteiger partial charge in [-0.05, 0) is 48.9 Å². The molecule has 0 spiro atoms. The maximum Gasteiger partial charge on any atom is 0.339 e. The fourth-order valence-electron chi connectivity index (χ4n) is 3.79. The standard InChI is InChI=1S/C24H26N2O6/c1-31-23(29)18-8-9-19(24(30)32-2)20(15-18)25-21(27)22(28)26-12-10-17(11-13-26)14-16-6-4-3-5-7-16/h3-9,15,17H,10-14H2,1-2H3,(H,25,27). The Hall–Kier alpha value is -3.68. The third-order valence-electron chi connectivity index (χ3n) is 5.56. The smallest absolute Gasteiger partial charge is 0.339 e. The molecule has 0 saturated carbocycles. The van der Waals surface area contributed by atoms with E-state index in [9.17, 15) is 19.2 Å². The summed E-state index contributed by atoms with van der Waals surface area (Å²) in [5, 5.41) is 2.45. The number of anilines is 1. The van der Waals surface area contributed by atoms with Gasteiger partial charge in [0.15, 0.2) is 0 Å². The number of piperidine rings is 1. The van der Waals surface area contributed by atoms with E-state index in [1.807, 2.05) is 18.2 Å². The van der Waals surface area contributed by atoms with Crippen molar-refractivity contribution in [2.75, 3.05) is 32.6 Å². The number of likely N-dealkylation sites (tertiary alicyclic amines) is 1. The van der Waals surface area contributed by atoms with Gasteiger partial charge in [0.25, 0.3) is 0 Å². The molecule has 8 nitrogen and oxygen atoms in total. The number of amides is 2. The second-order valence-electron chi connectivity index (χ2n) is 7.62. The summed E-state index contributed by atoms with van der Waals surface area (Å²) in [6.07, 6.45) is 2.55. The van der Waals surface area contributed by atoms with Crippen LogP contribution in [0.1, 0.15) is 39.1 Å². The van der Waals surface area contributed by atoms with Crippen LogP contribution in [-0.4, -0.2) is 56.0 Å². The number of esters is 2. The molecule has 168 valence electrons. The highest BCUT2D eigenvalue weighted by Gasteiger charge is 2.28. The van der Waals surface area contributed by atoms with Gasteiger partial charge in [-0.15, -0.1) is 0 Å². The predicted octanol–water partition coefficient (Wildman–Crippen LogP) is 2.68. The molecular weight excluding hydrogens is 412 g/mol. The molecule has 0 unspecified atom stereocenters. The number of benzene rings is 2. The lowest BCUT2D eigenvalue weighted by molar-refractivity contribution is -0.144. The maximum atomic E-state index is 12.7. The quantitative estimate of drug-likeness (QED) is 0.569. The first kappa shape index (κ1) is 23.0. The van der Waals surface area contributed by atoms with E-state index < -0.39 is 23.8 Å². The summed E-state index contributed by atoms with van der Waals surface area (Å²) in [7, 11) is 2.42. The minimum Gasteiger partial charge on any atom is -0.465 e. The average Bonchev–Trinajstić information content (AvgIpc) is 2.83. The van der Waals surface area contributed by atoms with Crippen molar-refractivity contribution in [3.8, 4) is 0 Å². The molecule has 2 aromatic rings. The van der Waals surface area contributed by atoms with Crippen LogP contribution in [0.15, 0.2) is 48.5 Å². The monoisotopic (exact) mass is 438 g/mol. The SMILES string of the molecule is COC(=O)c1ccc(C(=O)OC)c(NC(=O)C(=O)N2CCC(Cc3ccccc3)CC2)c1. The molecular formula is C24H26N2O6. The molecule has 1 heterocycles. The van der Waals surface area contributed by atoms with Crippen molar-refractivity contribution in [3.63, 3.8) is 0 Å². The molecule has 1 saturated heterocycles. The Kier molecular flexibility index (Phi) is 7.59. The molecule has 0 bridgehead atoms. The van der Waals surface area contributed by atoms with E-state index in [1.165, 1.54) is 42.9 Å². The van der Waals surface area contributed by atoms with Crippen molar-refractivity contribution >= 4 is 29.4 Å². The Bertz CT molecular complexity index is 997. The van der Waals surface area contributed by atoms with Crippen LogP contribution in [0.25, 0.3) is 0 Å². The Balaban J connectivity index is 1.64. The predicted molar refractivity (Wildman–Crippen MR) is 117 cm³/mol. The van der Waals surface area contributed by atoms with E-state index >= 15 is 0 Å². The Morgan fingerprint density at radius 2 is 1.59 bits per heavy atom. The van der Waals surface area contributed by atoms with E-state index in [-0.39, 0.29) is 16.8 Å². The summed E-state index contributed by atoms with van der Waals surface area (Å²) in [5.74, 6) is -2.44. The van der Waals surface area contributed by atoms with Crippen LogP contribution in [0.3, 0.4) is 0 Å². The molecule has 2 aromatic carbocycles. The first-order valence-corrected chi connectivity index (χ1v) is 10.4. The largest absolute Gasteiger partial charge is 0.465 e. The van der Waals surface area contributed by atoms with Crippen LogP contribution in [0.4, 0.5) is 5.69 Å². The lowest BCUT2D eigenvalue weighted by atomic mass is 9.90. The Labute approximate surface area is 186 Å². The van der Waals surface area contributed by atoms with Crippen molar-refractivity contribution in [3.05, 3.63) is 65.2 Å². The molecule has 0 radical (unpaired) electrons. The van der Waals surface area contributed by atoms with Crippen LogP contribution >= 0.6 is 0 Å². The fraction of sp³-hybridized carbons (Fsp3) is 0.333. The summed E-state index contributed by atoms with van der Waals surface area (Å²) < 4.78 is 9.40. The van der Waals surface area contributed by atoms with Gasteiger partial charge in [-0.2, -0.15) is 0 Å². The van der Waals surface area contributed by atoms with E-state index in [2.05, 4.69) is 22.2 Å². The van der Waals surface area contributed by atoms with Gasteiger partial charge < -0.3 is 19.7 Å². The van der Waals surface area contributed by atoms with Crippen molar-refractivity contribution in [1.29, 1.82) is 0 Å². The minimum absolute atomic E-state index is 0.0112. The third kappa shape index (κ3) is 5.51. The minimum atomic E-state index is -0.876. The van der Waals surface area contributed by atoms with Crippen molar-refractivity contribution in [2.45, 2.75) is 19.3 Å². The summed E-state index contributed by atoms with van der Waals surface area (Å²) >= 11 is 0. The number of nitrogens with zero attached hydrogens (tertiary/aromatic N) is 1.